The summed E-state index contributed by atoms with van der Waals surface area (Å²) in [6.45, 7) is 4.35. The number of aromatic nitrogens is 2. The molecule has 0 spiro atoms. The van der Waals surface area contributed by atoms with Gasteiger partial charge in [0, 0.05) is 23.1 Å². The van der Waals surface area contributed by atoms with Gasteiger partial charge < -0.3 is 9.30 Å². The van der Waals surface area contributed by atoms with Crippen molar-refractivity contribution < 1.29 is 9.53 Å². The molecule has 0 aliphatic heterocycles. The zero-order valence-corrected chi connectivity index (χ0v) is 15.4. The lowest BCUT2D eigenvalue weighted by Crippen LogP contribution is -2.07. The molecule has 2 heterocycles. The number of nitrogens with zero attached hydrogens (tertiary/aromatic N) is 2. The Morgan fingerprint density at radius 3 is 2.73 bits per heavy atom. The first kappa shape index (κ1) is 16.8. The molecular formula is C22H24N2O2. The van der Waals surface area contributed by atoms with Crippen LogP contribution in [0, 0.1) is 6.92 Å². The largest absolute Gasteiger partial charge is 0.462 e. The third kappa shape index (κ3) is 2.79. The molecule has 0 N–H and O–H groups in total. The summed E-state index contributed by atoms with van der Waals surface area (Å²) in [5.74, 6) is -0.262. The van der Waals surface area contributed by atoms with Crippen LogP contribution in [-0.2, 0) is 4.74 Å². The van der Waals surface area contributed by atoms with Crippen LogP contribution in [0.2, 0.25) is 0 Å². The second-order valence-corrected chi connectivity index (χ2v) is 6.95. The smallest absolute Gasteiger partial charge is 0.338 e. The van der Waals surface area contributed by atoms with Crippen LogP contribution in [0.1, 0.15) is 54.6 Å². The van der Waals surface area contributed by atoms with E-state index in [0.29, 0.717) is 18.2 Å². The maximum Gasteiger partial charge on any atom is 0.338 e. The van der Waals surface area contributed by atoms with E-state index in [0.717, 1.165) is 11.1 Å². The fourth-order valence-corrected chi connectivity index (χ4v) is 4.18. The zero-order chi connectivity index (χ0) is 18.1. The van der Waals surface area contributed by atoms with Gasteiger partial charge in [0.2, 0.25) is 0 Å². The molecule has 4 rings (SSSR count). The Morgan fingerprint density at radius 2 is 2.04 bits per heavy atom. The highest BCUT2D eigenvalue weighted by molar-refractivity contribution is 5.98. The van der Waals surface area contributed by atoms with Gasteiger partial charge in [0.15, 0.2) is 0 Å². The summed E-state index contributed by atoms with van der Waals surface area (Å²) in [4.78, 5) is 16.8. The molecule has 1 aliphatic carbocycles. The molecule has 3 aromatic rings. The lowest BCUT2D eigenvalue weighted by atomic mass is 10.1. The van der Waals surface area contributed by atoms with Gasteiger partial charge in [0.25, 0.3) is 0 Å². The van der Waals surface area contributed by atoms with Gasteiger partial charge in [-0.1, -0.05) is 18.9 Å². The second-order valence-electron chi connectivity index (χ2n) is 6.95. The number of carbonyl (C=O) groups is 1. The summed E-state index contributed by atoms with van der Waals surface area (Å²) in [5, 5.41) is 1.11. The first-order chi connectivity index (χ1) is 12.7. The van der Waals surface area contributed by atoms with Crippen molar-refractivity contribution in [3.05, 3.63) is 53.7 Å². The summed E-state index contributed by atoms with van der Waals surface area (Å²) < 4.78 is 7.63. The Kier molecular flexibility index (Phi) is 4.49. The van der Waals surface area contributed by atoms with Gasteiger partial charge in [-0.3, -0.25) is 4.98 Å². The topological polar surface area (TPSA) is 44.1 Å². The molecule has 4 nitrogen and oxygen atoms in total. The molecule has 1 fully saturated rings. The summed E-state index contributed by atoms with van der Waals surface area (Å²) in [7, 11) is 0. The van der Waals surface area contributed by atoms with E-state index in [2.05, 4.69) is 28.6 Å². The normalized spacial score (nSPS) is 14.8. The zero-order valence-electron chi connectivity index (χ0n) is 15.4. The van der Waals surface area contributed by atoms with Crippen molar-refractivity contribution in [2.45, 2.75) is 45.6 Å². The number of carbonyl (C=O) groups excluding carboxylic acids is 1. The Morgan fingerprint density at radius 1 is 1.23 bits per heavy atom. The van der Waals surface area contributed by atoms with Crippen LogP contribution in [0.15, 0.2) is 42.6 Å². The highest BCUT2D eigenvalue weighted by atomic mass is 16.5. The van der Waals surface area contributed by atoms with E-state index >= 15 is 0 Å². The standard InChI is InChI=1S/C22H24N2O2/c1-3-26-22(25)16-11-12-20-18(14-16)15(2)21(19-10-6-7-13-23-19)24(20)17-8-4-5-9-17/h6-7,10-14,17H,3-5,8-9H2,1-2H3. The minimum absolute atomic E-state index is 0.262. The van der Waals surface area contributed by atoms with Crippen LogP contribution in [0.4, 0.5) is 0 Å². The van der Waals surface area contributed by atoms with Gasteiger partial charge >= 0.3 is 5.97 Å². The molecule has 0 unspecified atom stereocenters. The molecule has 1 saturated carbocycles. The first-order valence-electron chi connectivity index (χ1n) is 9.43. The number of aryl methyl sites for hydroxylation is 1. The Bertz CT molecular complexity index is 938. The molecule has 26 heavy (non-hydrogen) atoms. The van der Waals surface area contributed by atoms with Crippen molar-refractivity contribution in [1.29, 1.82) is 0 Å². The van der Waals surface area contributed by atoms with E-state index in [1.807, 2.05) is 37.4 Å². The minimum atomic E-state index is -0.262. The number of fused-ring (bicyclic) bond motifs is 1. The molecule has 0 saturated heterocycles. The Balaban J connectivity index is 1.94. The number of pyridine rings is 1. The highest BCUT2D eigenvalue weighted by Gasteiger charge is 2.25. The molecule has 4 heteroatoms. The predicted molar refractivity (Wildman–Crippen MR) is 103 cm³/mol. The first-order valence-corrected chi connectivity index (χ1v) is 9.43. The summed E-state index contributed by atoms with van der Waals surface area (Å²) >= 11 is 0. The fourth-order valence-electron chi connectivity index (χ4n) is 4.18. The molecule has 0 radical (unpaired) electrons. The van der Waals surface area contributed by atoms with Crippen molar-refractivity contribution >= 4 is 16.9 Å². The SMILES string of the molecule is CCOC(=O)c1ccc2c(c1)c(C)c(-c1ccccn1)n2C1CCCC1. The maximum absolute atomic E-state index is 12.2. The third-order valence-corrected chi connectivity index (χ3v) is 5.36. The van der Waals surface area contributed by atoms with Crippen molar-refractivity contribution in [1.82, 2.24) is 9.55 Å². The maximum atomic E-state index is 12.2. The predicted octanol–water partition coefficient (Wildman–Crippen LogP) is 5.30. The summed E-state index contributed by atoms with van der Waals surface area (Å²) in [6, 6.07) is 12.5. The number of benzene rings is 1. The Labute approximate surface area is 153 Å². The average molecular weight is 348 g/mol. The van der Waals surface area contributed by atoms with Gasteiger partial charge in [0.05, 0.1) is 23.6 Å². The highest BCUT2D eigenvalue weighted by Crippen LogP contribution is 2.40. The molecule has 134 valence electrons. The van der Waals surface area contributed by atoms with Crippen molar-refractivity contribution in [2.24, 2.45) is 0 Å². The monoisotopic (exact) mass is 348 g/mol. The van der Waals surface area contributed by atoms with Crippen LogP contribution in [0.5, 0.6) is 0 Å². The van der Waals surface area contributed by atoms with Crippen LogP contribution in [-0.4, -0.2) is 22.1 Å². The van der Waals surface area contributed by atoms with Crippen LogP contribution in [0.3, 0.4) is 0 Å². The van der Waals surface area contributed by atoms with Gasteiger partial charge in [-0.05, 0) is 62.6 Å². The van der Waals surface area contributed by atoms with Crippen molar-refractivity contribution in [2.75, 3.05) is 6.61 Å². The quantitative estimate of drug-likeness (QED) is 0.601. The Hall–Kier alpha value is -2.62. The molecule has 1 aromatic carbocycles. The van der Waals surface area contributed by atoms with Gasteiger partial charge in [-0.15, -0.1) is 0 Å². The number of esters is 1. The molecular weight excluding hydrogens is 324 g/mol. The van der Waals surface area contributed by atoms with Gasteiger partial charge in [0.1, 0.15) is 0 Å². The average Bonchev–Trinajstić information content (AvgIpc) is 3.29. The molecule has 0 bridgehead atoms. The lowest BCUT2D eigenvalue weighted by molar-refractivity contribution is 0.0526. The fraction of sp³-hybridized carbons (Fsp3) is 0.364. The number of ether oxygens (including phenoxy) is 1. The van der Waals surface area contributed by atoms with E-state index in [1.165, 1.54) is 42.5 Å². The summed E-state index contributed by atoms with van der Waals surface area (Å²) in [6.07, 6.45) is 6.78. The van der Waals surface area contributed by atoms with Gasteiger partial charge in [-0.2, -0.15) is 0 Å². The summed E-state index contributed by atoms with van der Waals surface area (Å²) in [5.41, 5.74) is 5.14. The number of rotatable bonds is 4. The van der Waals surface area contributed by atoms with Gasteiger partial charge in [-0.25, -0.2) is 4.79 Å². The number of hydrogen-bond donors (Lipinski definition) is 0. The van der Waals surface area contributed by atoms with E-state index in [9.17, 15) is 4.79 Å². The van der Waals surface area contributed by atoms with E-state index < -0.39 is 0 Å². The minimum Gasteiger partial charge on any atom is -0.462 e. The van der Waals surface area contributed by atoms with Crippen molar-refractivity contribution in [3.63, 3.8) is 0 Å². The van der Waals surface area contributed by atoms with Crippen molar-refractivity contribution in [3.8, 4) is 11.4 Å². The van der Waals surface area contributed by atoms with Crippen LogP contribution >= 0.6 is 0 Å². The van der Waals surface area contributed by atoms with Crippen LogP contribution < -0.4 is 0 Å². The van der Waals surface area contributed by atoms with E-state index in [4.69, 9.17) is 4.74 Å². The molecule has 0 atom stereocenters. The van der Waals surface area contributed by atoms with Crippen LogP contribution in [0.25, 0.3) is 22.3 Å². The molecule has 0 amide bonds. The molecule has 1 aliphatic rings. The lowest BCUT2D eigenvalue weighted by Gasteiger charge is -2.18. The molecule has 2 aromatic heterocycles. The third-order valence-electron chi connectivity index (χ3n) is 5.36. The van der Waals surface area contributed by atoms with E-state index in [-0.39, 0.29) is 5.97 Å². The number of hydrogen-bond acceptors (Lipinski definition) is 3. The van der Waals surface area contributed by atoms with E-state index in [1.54, 1.807) is 0 Å². The second kappa shape index (κ2) is 6.94.